The van der Waals surface area contributed by atoms with Crippen molar-refractivity contribution in [2.75, 3.05) is 24.5 Å². The second kappa shape index (κ2) is 7.81. The number of hydrogen-bond acceptors (Lipinski definition) is 6. The molecule has 1 saturated heterocycles. The van der Waals surface area contributed by atoms with Gasteiger partial charge in [0, 0.05) is 49.0 Å². The van der Waals surface area contributed by atoms with Crippen LogP contribution in [0.4, 0.5) is 5.13 Å². The van der Waals surface area contributed by atoms with Gasteiger partial charge in [-0.25, -0.2) is 14.5 Å². The predicted molar refractivity (Wildman–Crippen MR) is 136 cm³/mol. The Labute approximate surface area is 198 Å². The minimum atomic E-state index is 0.364. The first-order valence-electron chi connectivity index (χ1n) is 12.3. The lowest BCUT2D eigenvalue weighted by Crippen LogP contribution is -2.56. The summed E-state index contributed by atoms with van der Waals surface area (Å²) in [7, 11) is 0. The number of piperazine rings is 1. The first kappa shape index (κ1) is 21.1. The van der Waals surface area contributed by atoms with E-state index in [-0.39, 0.29) is 0 Å². The maximum atomic E-state index is 5.22. The molecule has 1 atom stereocenters. The van der Waals surface area contributed by atoms with Crippen molar-refractivity contribution < 1.29 is 0 Å². The van der Waals surface area contributed by atoms with Gasteiger partial charge in [-0.3, -0.25) is 4.90 Å². The normalized spacial score (nSPS) is 20.4. The molecule has 2 fully saturated rings. The molecule has 0 radical (unpaired) electrons. The van der Waals surface area contributed by atoms with Gasteiger partial charge < -0.3 is 9.88 Å². The molecule has 1 saturated carbocycles. The lowest BCUT2D eigenvalue weighted by molar-refractivity contribution is 0.106. The number of thiazole rings is 1. The van der Waals surface area contributed by atoms with Crippen molar-refractivity contribution in [2.24, 2.45) is 0 Å². The monoisotopic (exact) mass is 463 g/mol. The second-order valence-corrected chi connectivity index (χ2v) is 11.2. The van der Waals surface area contributed by atoms with Gasteiger partial charge in [-0.2, -0.15) is 5.10 Å². The third kappa shape index (κ3) is 3.29. The smallest absolute Gasteiger partial charge is 0.188 e. The first-order chi connectivity index (χ1) is 15.9. The molecule has 0 spiro atoms. The summed E-state index contributed by atoms with van der Waals surface area (Å²) in [6, 6.07) is 1.32. The summed E-state index contributed by atoms with van der Waals surface area (Å²) in [5.74, 6) is 0.364. The zero-order valence-corrected chi connectivity index (χ0v) is 21.0. The van der Waals surface area contributed by atoms with Crippen LogP contribution >= 0.6 is 11.3 Å². The predicted octanol–water partition coefficient (Wildman–Crippen LogP) is 5.14. The molecule has 0 amide bonds. The van der Waals surface area contributed by atoms with E-state index < -0.39 is 0 Å². The molecule has 33 heavy (non-hydrogen) atoms. The van der Waals surface area contributed by atoms with Crippen LogP contribution in [0.5, 0.6) is 0 Å². The van der Waals surface area contributed by atoms with Crippen LogP contribution < -0.4 is 4.90 Å². The number of aryl methyl sites for hydroxylation is 1. The molecule has 4 aromatic heterocycles. The third-order valence-electron chi connectivity index (χ3n) is 7.85. The van der Waals surface area contributed by atoms with E-state index >= 15 is 0 Å². The van der Waals surface area contributed by atoms with Gasteiger partial charge in [-0.1, -0.05) is 31.6 Å². The van der Waals surface area contributed by atoms with E-state index in [1.165, 1.54) is 52.0 Å². The summed E-state index contributed by atoms with van der Waals surface area (Å²) in [6.07, 6.45) is 7.90. The number of hydrogen-bond donors (Lipinski definition) is 1. The Balaban J connectivity index is 1.38. The molecule has 1 aliphatic heterocycles. The fourth-order valence-electron chi connectivity index (χ4n) is 5.58. The van der Waals surface area contributed by atoms with Gasteiger partial charge in [0.05, 0.1) is 5.69 Å². The van der Waals surface area contributed by atoms with Crippen LogP contribution in [0.2, 0.25) is 0 Å². The molecule has 8 heteroatoms. The highest BCUT2D eigenvalue weighted by atomic mass is 32.1. The molecule has 0 aromatic carbocycles. The molecule has 1 N–H and O–H groups in total. The van der Waals surface area contributed by atoms with Gasteiger partial charge in [0.1, 0.15) is 16.7 Å². The van der Waals surface area contributed by atoms with Gasteiger partial charge in [-0.05, 0) is 50.7 Å². The lowest BCUT2D eigenvalue weighted by Gasteiger charge is -2.46. The van der Waals surface area contributed by atoms with Crippen molar-refractivity contribution in [3.05, 3.63) is 29.2 Å². The van der Waals surface area contributed by atoms with Gasteiger partial charge in [-0.15, -0.1) is 0 Å². The van der Waals surface area contributed by atoms with E-state index in [9.17, 15) is 0 Å². The summed E-state index contributed by atoms with van der Waals surface area (Å²) in [4.78, 5) is 19.8. The molecule has 0 bridgehead atoms. The number of aromatic nitrogens is 5. The van der Waals surface area contributed by atoms with Gasteiger partial charge in [0.15, 0.2) is 10.8 Å². The fourth-order valence-corrected chi connectivity index (χ4v) is 6.69. The van der Waals surface area contributed by atoms with Crippen LogP contribution in [-0.4, -0.2) is 61.2 Å². The Bertz CT molecular complexity index is 1330. The van der Waals surface area contributed by atoms with Crippen molar-refractivity contribution in [1.29, 1.82) is 0 Å². The topological polar surface area (TPSA) is 65.4 Å². The number of H-pyrrole nitrogens is 1. The average molecular weight is 464 g/mol. The Hall–Kier alpha value is -2.45. The van der Waals surface area contributed by atoms with E-state index in [1.54, 1.807) is 17.7 Å². The highest BCUT2D eigenvalue weighted by Crippen LogP contribution is 2.42. The zero-order valence-electron chi connectivity index (χ0n) is 20.2. The van der Waals surface area contributed by atoms with E-state index in [0.717, 1.165) is 42.0 Å². The van der Waals surface area contributed by atoms with Crippen LogP contribution in [0, 0.1) is 13.8 Å². The van der Waals surface area contributed by atoms with E-state index in [4.69, 9.17) is 4.98 Å². The van der Waals surface area contributed by atoms with Gasteiger partial charge in [0.25, 0.3) is 0 Å². The highest BCUT2D eigenvalue weighted by molar-refractivity contribution is 7.21. The number of pyridine rings is 1. The Morgan fingerprint density at radius 3 is 2.67 bits per heavy atom. The summed E-state index contributed by atoms with van der Waals surface area (Å²) in [5.41, 5.74) is 8.12. The standard InChI is InChI=1S/C25H33N7S/c1-14(2)20-21(19-12-32-23(26-13-27-32)17(5)16(19)4)28-24-22(20)29-25(33-24)31-10-9-30(11-15(31)3)18-7-6-8-18/h12-15,18,28H,6-11H2,1-5H3/t15-/m0/s1. The van der Waals surface area contributed by atoms with Crippen molar-refractivity contribution in [2.45, 2.75) is 71.9 Å². The van der Waals surface area contributed by atoms with Crippen molar-refractivity contribution in [3.63, 3.8) is 0 Å². The maximum Gasteiger partial charge on any atom is 0.188 e. The number of fused-ring (bicyclic) bond motifs is 2. The van der Waals surface area contributed by atoms with E-state index in [1.807, 2.05) is 4.52 Å². The molecule has 1 aliphatic carbocycles. The Morgan fingerprint density at radius 1 is 1.15 bits per heavy atom. The molecule has 6 rings (SSSR count). The molecule has 7 nitrogen and oxygen atoms in total. The van der Waals surface area contributed by atoms with E-state index in [2.05, 4.69) is 65.7 Å². The SMILES string of the molecule is Cc1c(-c2[nH]c3sc(N4CCN(C5CCC5)C[C@@H]4C)nc3c2C(C)C)cn2ncnc2c1C. The molecular formula is C25H33N7S. The van der Waals surface area contributed by atoms with Crippen molar-refractivity contribution in [3.8, 4) is 11.3 Å². The Morgan fingerprint density at radius 2 is 1.97 bits per heavy atom. The van der Waals surface area contributed by atoms with Crippen molar-refractivity contribution in [1.82, 2.24) is 29.5 Å². The summed E-state index contributed by atoms with van der Waals surface area (Å²) < 4.78 is 1.89. The van der Waals surface area contributed by atoms with Crippen LogP contribution in [-0.2, 0) is 0 Å². The molecule has 2 aliphatic rings. The van der Waals surface area contributed by atoms with Crippen LogP contribution in [0.25, 0.3) is 27.3 Å². The first-order valence-corrected chi connectivity index (χ1v) is 13.1. The lowest BCUT2D eigenvalue weighted by atomic mass is 9.90. The Kier molecular flexibility index (Phi) is 4.99. The largest absolute Gasteiger partial charge is 0.344 e. The molecule has 5 heterocycles. The van der Waals surface area contributed by atoms with Gasteiger partial charge >= 0.3 is 0 Å². The quantitative estimate of drug-likeness (QED) is 0.454. The van der Waals surface area contributed by atoms with Gasteiger partial charge in [0.2, 0.25) is 0 Å². The zero-order chi connectivity index (χ0) is 22.9. The van der Waals surface area contributed by atoms with Crippen LogP contribution in [0.3, 0.4) is 0 Å². The maximum absolute atomic E-state index is 5.22. The van der Waals surface area contributed by atoms with Crippen molar-refractivity contribution >= 4 is 32.5 Å². The minimum Gasteiger partial charge on any atom is -0.344 e. The van der Waals surface area contributed by atoms with E-state index in [0.29, 0.717) is 12.0 Å². The number of rotatable bonds is 4. The summed E-state index contributed by atoms with van der Waals surface area (Å²) in [6.45, 7) is 14.6. The minimum absolute atomic E-state index is 0.364. The van der Waals surface area contributed by atoms with Crippen LogP contribution in [0.15, 0.2) is 12.5 Å². The number of nitrogens with one attached hydrogen (secondary N) is 1. The third-order valence-corrected chi connectivity index (χ3v) is 8.86. The summed E-state index contributed by atoms with van der Waals surface area (Å²) in [5, 5.41) is 5.56. The highest BCUT2D eigenvalue weighted by Gasteiger charge is 2.33. The summed E-state index contributed by atoms with van der Waals surface area (Å²) >= 11 is 1.81. The molecule has 174 valence electrons. The average Bonchev–Trinajstić information content (AvgIpc) is 3.43. The number of anilines is 1. The number of aromatic amines is 1. The number of nitrogens with zero attached hydrogens (tertiary/aromatic N) is 6. The molecule has 0 unspecified atom stereocenters. The van der Waals surface area contributed by atoms with Crippen LogP contribution in [0.1, 0.15) is 62.6 Å². The molecule has 4 aromatic rings. The second-order valence-electron chi connectivity index (χ2n) is 10.2. The molecular weight excluding hydrogens is 430 g/mol. The fraction of sp³-hybridized carbons (Fsp3) is 0.560.